The maximum atomic E-state index is 10.8. The van der Waals surface area contributed by atoms with E-state index in [9.17, 15) is 9.59 Å². The quantitative estimate of drug-likeness (QED) is 0.238. The van der Waals surface area contributed by atoms with Gasteiger partial charge in [-0.05, 0) is 0 Å². The van der Waals surface area contributed by atoms with Crippen LogP contribution in [0, 0.1) is 5.41 Å². The van der Waals surface area contributed by atoms with Crippen molar-refractivity contribution < 1.29 is 9.59 Å². The molecule has 0 aromatic rings. The molecule has 1 saturated heterocycles. The Morgan fingerprint density at radius 2 is 1.92 bits per heavy atom. The molecule has 1 rings (SSSR count). The first-order valence-electron chi connectivity index (χ1n) is 3.39. The highest BCUT2D eigenvalue weighted by Gasteiger charge is 2.23. The molecule has 0 radical (unpaired) electrons. The second kappa shape index (κ2) is 5.08. The van der Waals surface area contributed by atoms with Gasteiger partial charge >= 0.3 is 0 Å². The van der Waals surface area contributed by atoms with Crippen LogP contribution in [0.2, 0.25) is 0 Å². The maximum Gasteiger partial charge on any atom is 0.246 e. The molecule has 13 heavy (non-hydrogen) atoms. The molecule has 0 unspecified atom stereocenters. The molecule has 2 N–H and O–H groups in total. The minimum Gasteiger partial charge on any atom is -0.341 e. The highest BCUT2D eigenvalue weighted by Crippen LogP contribution is 1.96. The number of thiol groups is 1. The molecule has 0 bridgehead atoms. The van der Waals surface area contributed by atoms with E-state index < -0.39 is 0 Å². The molecule has 1 heterocycles. The molecule has 1 aliphatic heterocycles. The number of piperazine rings is 1. The summed E-state index contributed by atoms with van der Waals surface area (Å²) in [6.45, 7) is 0.149. The number of carbonyl (C=O) groups is 2. The molecule has 0 atom stereocenters. The fourth-order valence-corrected chi connectivity index (χ4v) is 1.13. The van der Waals surface area contributed by atoms with E-state index in [1.165, 1.54) is 4.90 Å². The Morgan fingerprint density at radius 3 is 2.31 bits per heavy atom. The molecule has 0 aromatic carbocycles. The Balaban J connectivity index is 0.00000144. The number of carbonyl (C=O) groups excluding carboxylic acids is 2. The van der Waals surface area contributed by atoms with Crippen LogP contribution in [0.4, 0.5) is 0 Å². The topological polar surface area (TPSA) is 73.3 Å². The summed E-state index contributed by atoms with van der Waals surface area (Å²) in [7, 11) is 0. The van der Waals surface area contributed by atoms with Crippen molar-refractivity contribution in [3.63, 3.8) is 0 Å². The standard InChI is InChI=1S/C6H9N3O2S.ClH/c7-4(3-12)9-1-5(10)8-6(11)2-9;/h7,12H,1-3H2,(H,8,10,11);1H. The predicted molar refractivity (Wildman–Crippen MR) is 53.6 cm³/mol. The summed E-state index contributed by atoms with van der Waals surface area (Å²) in [5.74, 6) is -0.294. The van der Waals surface area contributed by atoms with Crippen molar-refractivity contribution >= 4 is 42.7 Å². The molecule has 1 fully saturated rings. The van der Waals surface area contributed by atoms with Crippen LogP contribution in [0.5, 0.6) is 0 Å². The van der Waals surface area contributed by atoms with Crippen molar-refractivity contribution in [3.05, 3.63) is 0 Å². The minimum absolute atomic E-state index is 0. The number of amides is 2. The minimum atomic E-state index is -0.363. The lowest BCUT2D eigenvalue weighted by molar-refractivity contribution is -0.134. The van der Waals surface area contributed by atoms with E-state index in [2.05, 4.69) is 17.9 Å². The summed E-state index contributed by atoms with van der Waals surface area (Å²) in [6.07, 6.45) is 0. The predicted octanol–water partition coefficient (Wildman–Crippen LogP) is -0.726. The summed E-state index contributed by atoms with van der Waals surface area (Å²) in [5.41, 5.74) is 0. The van der Waals surface area contributed by atoms with Crippen molar-refractivity contribution in [1.29, 1.82) is 5.41 Å². The summed E-state index contributed by atoms with van der Waals surface area (Å²) in [6, 6.07) is 0. The van der Waals surface area contributed by atoms with Crippen LogP contribution in [0.3, 0.4) is 0 Å². The molecule has 0 aliphatic carbocycles. The average molecular weight is 224 g/mol. The monoisotopic (exact) mass is 223 g/mol. The molecule has 74 valence electrons. The van der Waals surface area contributed by atoms with Gasteiger partial charge in [-0.15, -0.1) is 12.4 Å². The second-order valence-electron chi connectivity index (χ2n) is 2.43. The molecule has 0 spiro atoms. The summed E-state index contributed by atoms with van der Waals surface area (Å²) >= 11 is 3.88. The summed E-state index contributed by atoms with van der Waals surface area (Å²) in [5, 5.41) is 9.48. The van der Waals surface area contributed by atoms with Crippen LogP contribution in [-0.4, -0.2) is 41.4 Å². The van der Waals surface area contributed by atoms with Gasteiger partial charge in [0.25, 0.3) is 0 Å². The van der Waals surface area contributed by atoms with Crippen molar-refractivity contribution in [2.45, 2.75) is 0 Å². The van der Waals surface area contributed by atoms with Crippen molar-refractivity contribution in [2.24, 2.45) is 0 Å². The number of nitrogens with one attached hydrogen (secondary N) is 2. The highest BCUT2D eigenvalue weighted by molar-refractivity contribution is 7.81. The van der Waals surface area contributed by atoms with Gasteiger partial charge in [0.05, 0.1) is 13.1 Å². The number of hydrogen-bond acceptors (Lipinski definition) is 4. The molecule has 0 saturated carbocycles. The van der Waals surface area contributed by atoms with Gasteiger partial charge in [0, 0.05) is 5.75 Å². The van der Waals surface area contributed by atoms with E-state index in [0.29, 0.717) is 0 Å². The Labute approximate surface area is 87.2 Å². The van der Waals surface area contributed by atoms with E-state index in [0.717, 1.165) is 0 Å². The maximum absolute atomic E-state index is 10.8. The molecule has 2 amide bonds. The lowest BCUT2D eigenvalue weighted by Crippen LogP contribution is -2.53. The SMILES string of the molecule is Cl.N=C(CS)N1CC(=O)NC(=O)C1. The average Bonchev–Trinajstić information content (AvgIpc) is 2.01. The van der Waals surface area contributed by atoms with Gasteiger partial charge in [-0.3, -0.25) is 20.3 Å². The first-order valence-corrected chi connectivity index (χ1v) is 4.02. The van der Waals surface area contributed by atoms with E-state index in [1.54, 1.807) is 0 Å². The highest BCUT2D eigenvalue weighted by atomic mass is 35.5. The molecular weight excluding hydrogens is 214 g/mol. The van der Waals surface area contributed by atoms with Gasteiger partial charge in [-0.25, -0.2) is 0 Å². The van der Waals surface area contributed by atoms with Gasteiger partial charge in [-0.2, -0.15) is 12.6 Å². The lowest BCUT2D eigenvalue weighted by Gasteiger charge is -2.26. The summed E-state index contributed by atoms with van der Waals surface area (Å²) in [4.78, 5) is 23.0. The number of nitrogens with zero attached hydrogens (tertiary/aromatic N) is 1. The fourth-order valence-electron chi connectivity index (χ4n) is 0.928. The molecule has 7 heteroatoms. The third-order valence-corrected chi connectivity index (χ3v) is 1.78. The molecule has 5 nitrogen and oxygen atoms in total. The Morgan fingerprint density at radius 1 is 1.46 bits per heavy atom. The van der Waals surface area contributed by atoms with Gasteiger partial charge < -0.3 is 4.90 Å². The zero-order valence-electron chi connectivity index (χ0n) is 6.74. The number of halogens is 1. The largest absolute Gasteiger partial charge is 0.341 e. The Bertz CT molecular complexity index is 230. The first kappa shape index (κ1) is 12.2. The third kappa shape index (κ3) is 3.23. The molecule has 0 aromatic heterocycles. The van der Waals surface area contributed by atoms with Crippen molar-refractivity contribution in [1.82, 2.24) is 10.2 Å². The number of amidine groups is 1. The van der Waals surface area contributed by atoms with Gasteiger partial charge in [0.15, 0.2) is 0 Å². The number of imide groups is 1. The van der Waals surface area contributed by atoms with E-state index in [1.807, 2.05) is 0 Å². The lowest BCUT2D eigenvalue weighted by atomic mass is 10.3. The third-order valence-electron chi connectivity index (χ3n) is 1.48. The normalized spacial score (nSPS) is 16.2. The van der Waals surface area contributed by atoms with Gasteiger partial charge in [0.1, 0.15) is 5.84 Å². The zero-order valence-corrected chi connectivity index (χ0v) is 8.45. The van der Waals surface area contributed by atoms with Crippen LogP contribution in [-0.2, 0) is 9.59 Å². The second-order valence-corrected chi connectivity index (χ2v) is 2.75. The van der Waals surface area contributed by atoms with Crippen LogP contribution < -0.4 is 5.32 Å². The van der Waals surface area contributed by atoms with E-state index in [4.69, 9.17) is 5.41 Å². The van der Waals surface area contributed by atoms with E-state index >= 15 is 0 Å². The van der Waals surface area contributed by atoms with Crippen LogP contribution in [0.1, 0.15) is 0 Å². The first-order chi connectivity index (χ1) is 5.63. The van der Waals surface area contributed by atoms with Gasteiger partial charge in [-0.1, -0.05) is 0 Å². The smallest absolute Gasteiger partial charge is 0.246 e. The van der Waals surface area contributed by atoms with Gasteiger partial charge in [0.2, 0.25) is 11.8 Å². The Kier molecular flexibility index (Phi) is 4.79. The van der Waals surface area contributed by atoms with Crippen molar-refractivity contribution in [3.8, 4) is 0 Å². The van der Waals surface area contributed by atoms with Crippen molar-refractivity contribution in [2.75, 3.05) is 18.8 Å². The summed E-state index contributed by atoms with van der Waals surface area (Å²) < 4.78 is 0. The Hall–Kier alpha value is -0.750. The molecule has 1 aliphatic rings. The molecular formula is C6H10ClN3O2S. The van der Waals surface area contributed by atoms with Crippen LogP contribution in [0.15, 0.2) is 0 Å². The zero-order chi connectivity index (χ0) is 9.14. The van der Waals surface area contributed by atoms with Crippen LogP contribution in [0.25, 0.3) is 0 Å². The number of hydrogen-bond donors (Lipinski definition) is 3. The van der Waals surface area contributed by atoms with Crippen LogP contribution >= 0.6 is 25.0 Å². The fraction of sp³-hybridized carbons (Fsp3) is 0.500. The van der Waals surface area contributed by atoms with E-state index in [-0.39, 0.29) is 48.9 Å². The number of rotatable bonds is 1.